The van der Waals surface area contributed by atoms with Crippen LogP contribution >= 0.6 is 11.6 Å². The van der Waals surface area contributed by atoms with Crippen LogP contribution in [0.15, 0.2) is 30.3 Å². The van der Waals surface area contributed by atoms with Crippen LogP contribution < -0.4 is 0 Å². The summed E-state index contributed by atoms with van der Waals surface area (Å²) in [5.74, 6) is -0.419. The quantitative estimate of drug-likeness (QED) is 0.506. The van der Waals surface area contributed by atoms with Gasteiger partial charge in [-0.15, -0.1) is 0 Å². The summed E-state index contributed by atoms with van der Waals surface area (Å²) in [6.07, 6.45) is 3.46. The lowest BCUT2D eigenvalue weighted by Gasteiger charge is -2.22. The van der Waals surface area contributed by atoms with Crippen LogP contribution in [0.5, 0.6) is 0 Å². The standard InChI is InChI=1S/C18H25ClN2O3/c1-4-24-18(23)11-12-21(14-13-20(2)3)17(22)10-7-15-5-8-16(19)9-6-15/h5-10H,4,11-14H2,1-3H3/b10-7+. The Balaban J connectivity index is 2.67. The van der Waals surface area contributed by atoms with E-state index in [9.17, 15) is 9.59 Å². The van der Waals surface area contributed by atoms with Crippen LogP contribution in [0.4, 0.5) is 0 Å². The van der Waals surface area contributed by atoms with E-state index < -0.39 is 0 Å². The van der Waals surface area contributed by atoms with Crippen molar-refractivity contribution in [3.05, 3.63) is 40.9 Å². The molecule has 0 unspecified atom stereocenters. The molecule has 6 heteroatoms. The number of esters is 1. The molecule has 0 aliphatic carbocycles. The molecule has 132 valence electrons. The first kappa shape index (κ1) is 20.2. The molecule has 0 radical (unpaired) electrons. The Morgan fingerprint density at radius 1 is 1.12 bits per heavy atom. The van der Waals surface area contributed by atoms with E-state index in [0.717, 1.165) is 12.1 Å². The summed E-state index contributed by atoms with van der Waals surface area (Å²) in [7, 11) is 3.88. The second-order valence-electron chi connectivity index (χ2n) is 5.57. The van der Waals surface area contributed by atoms with Crippen molar-refractivity contribution < 1.29 is 14.3 Å². The molecule has 0 aromatic heterocycles. The lowest BCUT2D eigenvalue weighted by Crippen LogP contribution is -2.37. The number of amides is 1. The molecule has 1 aromatic carbocycles. The van der Waals surface area contributed by atoms with Gasteiger partial charge in [-0.2, -0.15) is 0 Å². The van der Waals surface area contributed by atoms with Gasteiger partial charge in [0.25, 0.3) is 0 Å². The fraction of sp³-hybridized carbons (Fsp3) is 0.444. The predicted molar refractivity (Wildman–Crippen MR) is 96.9 cm³/mol. The highest BCUT2D eigenvalue weighted by Crippen LogP contribution is 2.11. The number of halogens is 1. The van der Waals surface area contributed by atoms with E-state index in [1.54, 1.807) is 30.0 Å². The first-order chi connectivity index (χ1) is 11.4. The van der Waals surface area contributed by atoms with E-state index in [1.165, 1.54) is 6.08 Å². The summed E-state index contributed by atoms with van der Waals surface area (Å²) in [6.45, 7) is 3.73. The van der Waals surface area contributed by atoms with Crippen LogP contribution in [0.2, 0.25) is 5.02 Å². The van der Waals surface area contributed by atoms with Gasteiger partial charge in [0.15, 0.2) is 0 Å². The van der Waals surface area contributed by atoms with Gasteiger partial charge in [-0.25, -0.2) is 0 Å². The summed E-state index contributed by atoms with van der Waals surface area (Å²) in [5, 5.41) is 0.653. The molecule has 0 spiro atoms. The molecule has 0 bridgehead atoms. The van der Waals surface area contributed by atoms with Gasteiger partial charge in [0.1, 0.15) is 0 Å². The molecule has 0 atom stereocenters. The minimum Gasteiger partial charge on any atom is -0.466 e. The van der Waals surface area contributed by atoms with Crippen LogP contribution in [-0.4, -0.2) is 62.0 Å². The molecule has 0 fully saturated rings. The van der Waals surface area contributed by atoms with Gasteiger partial charge >= 0.3 is 5.97 Å². The van der Waals surface area contributed by atoms with Crippen molar-refractivity contribution in [3.63, 3.8) is 0 Å². The van der Waals surface area contributed by atoms with Gasteiger partial charge in [-0.1, -0.05) is 23.7 Å². The molecular weight excluding hydrogens is 328 g/mol. The summed E-state index contributed by atoms with van der Waals surface area (Å²) >= 11 is 5.84. The molecule has 0 saturated carbocycles. The Kier molecular flexibility index (Phi) is 9.12. The highest BCUT2D eigenvalue weighted by atomic mass is 35.5. The number of likely N-dealkylation sites (N-methyl/N-ethyl adjacent to an activating group) is 1. The first-order valence-electron chi connectivity index (χ1n) is 7.95. The van der Waals surface area contributed by atoms with E-state index >= 15 is 0 Å². The Hall–Kier alpha value is -1.85. The molecule has 5 nitrogen and oxygen atoms in total. The lowest BCUT2D eigenvalue weighted by molar-refractivity contribution is -0.143. The van der Waals surface area contributed by atoms with Crippen molar-refractivity contribution in [2.75, 3.05) is 40.3 Å². The van der Waals surface area contributed by atoms with E-state index in [0.29, 0.717) is 24.7 Å². The third-order valence-electron chi connectivity index (χ3n) is 3.31. The van der Waals surface area contributed by atoms with Crippen LogP contribution in [0, 0.1) is 0 Å². The average Bonchev–Trinajstić information content (AvgIpc) is 2.54. The number of ether oxygens (including phenoxy) is 1. The van der Waals surface area contributed by atoms with Gasteiger partial charge in [-0.05, 0) is 44.8 Å². The van der Waals surface area contributed by atoms with Gasteiger partial charge in [-0.3, -0.25) is 9.59 Å². The average molecular weight is 353 g/mol. The van der Waals surface area contributed by atoms with Crippen LogP contribution in [0.25, 0.3) is 6.08 Å². The molecule has 0 aliphatic heterocycles. The van der Waals surface area contributed by atoms with Crippen molar-refractivity contribution in [2.24, 2.45) is 0 Å². The third-order valence-corrected chi connectivity index (χ3v) is 3.56. The predicted octanol–water partition coefficient (Wildman–Crippen LogP) is 2.70. The maximum absolute atomic E-state index is 12.4. The molecule has 0 heterocycles. The van der Waals surface area contributed by atoms with Crippen molar-refractivity contribution in [1.82, 2.24) is 9.80 Å². The van der Waals surface area contributed by atoms with Gasteiger partial charge in [0, 0.05) is 30.7 Å². The summed E-state index contributed by atoms with van der Waals surface area (Å²) in [4.78, 5) is 27.6. The van der Waals surface area contributed by atoms with E-state index in [4.69, 9.17) is 16.3 Å². The monoisotopic (exact) mass is 352 g/mol. The maximum Gasteiger partial charge on any atom is 0.307 e. The molecule has 0 saturated heterocycles. The number of carbonyl (C=O) groups is 2. The number of benzene rings is 1. The second kappa shape index (κ2) is 10.8. The molecule has 1 rings (SSSR count). The molecule has 24 heavy (non-hydrogen) atoms. The topological polar surface area (TPSA) is 49.9 Å². The number of carbonyl (C=O) groups excluding carboxylic acids is 2. The fourth-order valence-corrected chi connectivity index (χ4v) is 2.09. The summed E-state index contributed by atoms with van der Waals surface area (Å²) in [6, 6.07) is 7.23. The van der Waals surface area contributed by atoms with Gasteiger partial charge in [0.05, 0.1) is 13.0 Å². The zero-order chi connectivity index (χ0) is 17.9. The zero-order valence-corrected chi connectivity index (χ0v) is 15.3. The molecular formula is C18H25ClN2O3. The fourth-order valence-electron chi connectivity index (χ4n) is 1.96. The highest BCUT2D eigenvalue weighted by molar-refractivity contribution is 6.30. The Morgan fingerprint density at radius 3 is 2.38 bits per heavy atom. The van der Waals surface area contributed by atoms with E-state index in [2.05, 4.69) is 0 Å². The maximum atomic E-state index is 12.4. The van der Waals surface area contributed by atoms with E-state index in [-0.39, 0.29) is 18.3 Å². The zero-order valence-electron chi connectivity index (χ0n) is 14.5. The highest BCUT2D eigenvalue weighted by Gasteiger charge is 2.13. The summed E-state index contributed by atoms with van der Waals surface area (Å²) in [5.41, 5.74) is 0.894. The van der Waals surface area contributed by atoms with Crippen LogP contribution in [-0.2, 0) is 14.3 Å². The first-order valence-corrected chi connectivity index (χ1v) is 8.33. The second-order valence-corrected chi connectivity index (χ2v) is 6.00. The SMILES string of the molecule is CCOC(=O)CCN(CCN(C)C)C(=O)/C=C/c1ccc(Cl)cc1. The molecule has 1 aromatic rings. The third kappa shape index (κ3) is 8.13. The smallest absolute Gasteiger partial charge is 0.307 e. The van der Waals surface area contributed by atoms with Crippen molar-refractivity contribution in [2.45, 2.75) is 13.3 Å². The minimum absolute atomic E-state index is 0.129. The van der Waals surface area contributed by atoms with Crippen molar-refractivity contribution >= 4 is 29.6 Å². The number of hydrogen-bond donors (Lipinski definition) is 0. The largest absolute Gasteiger partial charge is 0.466 e. The molecule has 0 N–H and O–H groups in total. The number of nitrogens with zero attached hydrogens (tertiary/aromatic N) is 2. The molecule has 1 amide bonds. The van der Waals surface area contributed by atoms with Gasteiger partial charge in [0.2, 0.25) is 5.91 Å². The van der Waals surface area contributed by atoms with Crippen molar-refractivity contribution in [1.29, 1.82) is 0 Å². The lowest BCUT2D eigenvalue weighted by atomic mass is 10.2. The van der Waals surface area contributed by atoms with E-state index in [1.807, 2.05) is 31.1 Å². The normalized spacial score (nSPS) is 11.0. The number of rotatable bonds is 9. The van der Waals surface area contributed by atoms with Crippen LogP contribution in [0.3, 0.4) is 0 Å². The number of hydrogen-bond acceptors (Lipinski definition) is 4. The molecule has 0 aliphatic rings. The Labute approximate surface area is 148 Å². The van der Waals surface area contributed by atoms with Gasteiger partial charge < -0.3 is 14.5 Å². The Morgan fingerprint density at radius 2 is 1.79 bits per heavy atom. The van der Waals surface area contributed by atoms with Crippen LogP contribution in [0.1, 0.15) is 18.9 Å². The minimum atomic E-state index is -0.290. The van der Waals surface area contributed by atoms with Crippen molar-refractivity contribution in [3.8, 4) is 0 Å². The summed E-state index contributed by atoms with van der Waals surface area (Å²) < 4.78 is 4.92. The Bertz CT molecular complexity index is 556.